The van der Waals surface area contributed by atoms with Gasteiger partial charge in [-0.05, 0) is 42.8 Å². The molecule has 1 unspecified atom stereocenters. The maximum absolute atomic E-state index is 11.1. The molecule has 2 aromatic carbocycles. The Hall–Kier alpha value is -2.39. The van der Waals surface area contributed by atoms with Crippen LogP contribution in [-0.2, 0) is 4.79 Å². The second kappa shape index (κ2) is 5.78. The summed E-state index contributed by atoms with van der Waals surface area (Å²) in [7, 11) is 0. The van der Waals surface area contributed by atoms with Crippen molar-refractivity contribution in [2.45, 2.75) is 12.8 Å². The van der Waals surface area contributed by atoms with E-state index in [1.165, 1.54) is 0 Å². The minimum absolute atomic E-state index is 0.527. The van der Waals surface area contributed by atoms with Gasteiger partial charge in [-0.25, -0.2) is 4.98 Å². The Morgan fingerprint density at radius 3 is 2.50 bits per heavy atom. The third-order valence-corrected chi connectivity index (χ3v) is 3.98. The number of hydrogen-bond donors (Lipinski definition) is 1. The average Bonchev–Trinajstić information content (AvgIpc) is 2.53. The van der Waals surface area contributed by atoms with Crippen LogP contribution in [0.15, 0.2) is 54.6 Å². The highest BCUT2D eigenvalue weighted by atomic mass is 35.5. The van der Waals surface area contributed by atoms with Gasteiger partial charge in [0.2, 0.25) is 0 Å². The van der Waals surface area contributed by atoms with Crippen molar-refractivity contribution in [3.63, 3.8) is 0 Å². The lowest BCUT2D eigenvalue weighted by Gasteiger charge is -2.09. The molecule has 1 aromatic heterocycles. The van der Waals surface area contributed by atoms with Crippen LogP contribution < -0.4 is 0 Å². The number of pyridine rings is 1. The van der Waals surface area contributed by atoms with E-state index in [0.717, 1.165) is 27.7 Å². The third-order valence-electron chi connectivity index (χ3n) is 3.72. The first-order valence-electron chi connectivity index (χ1n) is 6.94. The molecule has 110 valence electrons. The van der Waals surface area contributed by atoms with Gasteiger partial charge in [0.15, 0.2) is 0 Å². The Balaban J connectivity index is 2.02. The summed E-state index contributed by atoms with van der Waals surface area (Å²) >= 11 is 5.90. The Morgan fingerprint density at radius 1 is 1.09 bits per heavy atom. The number of fused-ring (bicyclic) bond motifs is 1. The molecule has 0 aliphatic carbocycles. The number of carbonyl (C=O) groups is 1. The molecule has 1 N–H and O–H groups in total. The molecule has 3 nitrogen and oxygen atoms in total. The second-order valence-corrected chi connectivity index (χ2v) is 5.65. The highest BCUT2D eigenvalue weighted by molar-refractivity contribution is 6.30. The molecule has 3 aromatic rings. The molecule has 0 saturated heterocycles. The second-order valence-electron chi connectivity index (χ2n) is 5.22. The number of aliphatic carboxylic acids is 1. The molecule has 22 heavy (non-hydrogen) atoms. The molecule has 0 radical (unpaired) electrons. The number of halogens is 1. The lowest BCUT2D eigenvalue weighted by molar-refractivity contribution is -0.138. The van der Waals surface area contributed by atoms with E-state index in [-0.39, 0.29) is 0 Å². The standard InChI is InChI=1S/C18H14ClNO2/c1-11(18(21)22)13-4-8-17-14(10-13)5-9-16(20-17)12-2-6-15(19)7-3-12/h2-11H,1H3,(H,21,22). The van der Waals surface area contributed by atoms with Crippen LogP contribution in [0.2, 0.25) is 5.02 Å². The van der Waals surface area contributed by atoms with Gasteiger partial charge in [0, 0.05) is 16.0 Å². The van der Waals surface area contributed by atoms with Crippen LogP contribution in [-0.4, -0.2) is 16.1 Å². The van der Waals surface area contributed by atoms with E-state index in [1.807, 2.05) is 54.6 Å². The highest BCUT2D eigenvalue weighted by Crippen LogP contribution is 2.25. The minimum atomic E-state index is -0.829. The lowest BCUT2D eigenvalue weighted by atomic mass is 9.99. The van der Waals surface area contributed by atoms with Crippen molar-refractivity contribution < 1.29 is 9.90 Å². The zero-order valence-corrected chi connectivity index (χ0v) is 12.7. The van der Waals surface area contributed by atoms with Crippen LogP contribution in [0.25, 0.3) is 22.2 Å². The van der Waals surface area contributed by atoms with Crippen molar-refractivity contribution in [1.29, 1.82) is 0 Å². The molecule has 0 bridgehead atoms. The number of aromatic nitrogens is 1. The Labute approximate surface area is 133 Å². The predicted molar refractivity (Wildman–Crippen MR) is 88.2 cm³/mol. The van der Waals surface area contributed by atoms with E-state index in [1.54, 1.807) is 6.92 Å². The van der Waals surface area contributed by atoms with E-state index < -0.39 is 11.9 Å². The third kappa shape index (κ3) is 2.81. The van der Waals surface area contributed by atoms with Gasteiger partial charge in [-0.2, -0.15) is 0 Å². The minimum Gasteiger partial charge on any atom is -0.481 e. The van der Waals surface area contributed by atoms with Crippen LogP contribution in [0, 0.1) is 0 Å². The summed E-state index contributed by atoms with van der Waals surface area (Å²) in [5, 5.41) is 10.7. The first-order valence-corrected chi connectivity index (χ1v) is 7.32. The van der Waals surface area contributed by atoms with Crippen LogP contribution in [0.1, 0.15) is 18.4 Å². The predicted octanol–water partition coefficient (Wildman–Crippen LogP) is 4.74. The normalized spacial score (nSPS) is 12.3. The summed E-state index contributed by atoms with van der Waals surface area (Å²) in [4.78, 5) is 15.7. The van der Waals surface area contributed by atoms with Crippen LogP contribution >= 0.6 is 11.6 Å². The summed E-state index contributed by atoms with van der Waals surface area (Å²) in [5.74, 6) is -1.36. The lowest BCUT2D eigenvalue weighted by Crippen LogP contribution is -2.07. The molecule has 1 atom stereocenters. The van der Waals surface area contributed by atoms with Crippen LogP contribution in [0.4, 0.5) is 0 Å². The maximum atomic E-state index is 11.1. The fourth-order valence-electron chi connectivity index (χ4n) is 2.34. The van der Waals surface area contributed by atoms with Crippen molar-refractivity contribution in [3.8, 4) is 11.3 Å². The van der Waals surface area contributed by atoms with E-state index in [2.05, 4.69) is 4.98 Å². The molecule has 0 amide bonds. The fraction of sp³-hybridized carbons (Fsp3) is 0.111. The van der Waals surface area contributed by atoms with Gasteiger partial charge < -0.3 is 5.11 Å². The molecule has 0 aliphatic rings. The molecular formula is C18H14ClNO2. The molecule has 3 rings (SSSR count). The van der Waals surface area contributed by atoms with Crippen LogP contribution in [0.3, 0.4) is 0 Å². The monoisotopic (exact) mass is 311 g/mol. The molecule has 4 heteroatoms. The summed E-state index contributed by atoms with van der Waals surface area (Å²) in [6, 6.07) is 17.0. The molecule has 0 aliphatic heterocycles. The highest BCUT2D eigenvalue weighted by Gasteiger charge is 2.14. The van der Waals surface area contributed by atoms with Crippen molar-refractivity contribution >= 4 is 28.5 Å². The molecule has 0 saturated carbocycles. The van der Waals surface area contributed by atoms with Gasteiger partial charge >= 0.3 is 5.97 Å². The number of benzene rings is 2. The molecule has 1 heterocycles. The van der Waals surface area contributed by atoms with Crippen molar-refractivity contribution in [1.82, 2.24) is 4.98 Å². The summed E-state index contributed by atoms with van der Waals surface area (Å²) in [5.41, 5.74) is 3.48. The van der Waals surface area contributed by atoms with E-state index in [0.29, 0.717) is 5.02 Å². The van der Waals surface area contributed by atoms with Gasteiger partial charge in [-0.15, -0.1) is 0 Å². The van der Waals surface area contributed by atoms with E-state index in [9.17, 15) is 4.79 Å². The van der Waals surface area contributed by atoms with Gasteiger partial charge in [0.1, 0.15) is 0 Å². The molecule has 0 spiro atoms. The smallest absolute Gasteiger partial charge is 0.310 e. The average molecular weight is 312 g/mol. The number of hydrogen-bond acceptors (Lipinski definition) is 2. The van der Waals surface area contributed by atoms with Crippen molar-refractivity contribution in [3.05, 3.63) is 65.2 Å². The van der Waals surface area contributed by atoms with Crippen molar-refractivity contribution in [2.24, 2.45) is 0 Å². The number of rotatable bonds is 3. The van der Waals surface area contributed by atoms with Gasteiger partial charge in [0.25, 0.3) is 0 Å². The molecular weight excluding hydrogens is 298 g/mol. The number of nitrogens with zero attached hydrogens (tertiary/aromatic N) is 1. The zero-order chi connectivity index (χ0) is 15.7. The van der Waals surface area contributed by atoms with Gasteiger partial charge in [0.05, 0.1) is 17.1 Å². The zero-order valence-electron chi connectivity index (χ0n) is 12.0. The Morgan fingerprint density at radius 2 is 1.82 bits per heavy atom. The van der Waals surface area contributed by atoms with Gasteiger partial charge in [-0.3, -0.25) is 4.79 Å². The molecule has 0 fully saturated rings. The summed E-state index contributed by atoms with van der Waals surface area (Å²) < 4.78 is 0. The van der Waals surface area contributed by atoms with Crippen LogP contribution in [0.5, 0.6) is 0 Å². The van der Waals surface area contributed by atoms with Crippen molar-refractivity contribution in [2.75, 3.05) is 0 Å². The first-order chi connectivity index (χ1) is 10.5. The Kier molecular flexibility index (Phi) is 3.82. The topological polar surface area (TPSA) is 50.2 Å². The fourth-order valence-corrected chi connectivity index (χ4v) is 2.46. The van der Waals surface area contributed by atoms with E-state index >= 15 is 0 Å². The largest absolute Gasteiger partial charge is 0.481 e. The number of carboxylic acid groups (broad SMARTS) is 1. The maximum Gasteiger partial charge on any atom is 0.310 e. The van der Waals surface area contributed by atoms with E-state index in [4.69, 9.17) is 16.7 Å². The quantitative estimate of drug-likeness (QED) is 0.760. The summed E-state index contributed by atoms with van der Waals surface area (Å²) in [6.07, 6.45) is 0. The SMILES string of the molecule is CC(C(=O)O)c1ccc2nc(-c3ccc(Cl)cc3)ccc2c1. The Bertz CT molecular complexity index is 843. The summed E-state index contributed by atoms with van der Waals surface area (Å²) in [6.45, 7) is 1.68. The number of carboxylic acids is 1. The van der Waals surface area contributed by atoms with Gasteiger partial charge in [-0.1, -0.05) is 35.9 Å². The first kappa shape index (κ1) is 14.5.